The maximum absolute atomic E-state index is 12.7. The average Bonchev–Trinajstić information content (AvgIpc) is 2.69. The number of nitrogens with zero attached hydrogens (tertiary/aromatic N) is 1. The fraction of sp³-hybridized carbons (Fsp3) is 0.333. The van der Waals surface area contributed by atoms with Gasteiger partial charge in [0.1, 0.15) is 6.04 Å². The summed E-state index contributed by atoms with van der Waals surface area (Å²) in [6.45, 7) is 0.389. The first kappa shape index (κ1) is 23.4. The van der Waals surface area contributed by atoms with Crippen molar-refractivity contribution in [3.63, 3.8) is 0 Å². The number of rotatable bonds is 9. The molecule has 2 aromatic carbocycles. The van der Waals surface area contributed by atoms with Crippen molar-refractivity contribution in [2.75, 3.05) is 31.0 Å². The van der Waals surface area contributed by atoms with Crippen molar-refractivity contribution in [1.82, 2.24) is 10.6 Å². The number of nitrogens with one attached hydrogen (secondary N) is 2. The molecule has 0 bridgehead atoms. The summed E-state index contributed by atoms with van der Waals surface area (Å²) in [5, 5.41) is 6.39. The Labute approximate surface area is 186 Å². The minimum Gasteiger partial charge on any atom is -0.378 e. The Kier molecular flexibility index (Phi) is 9.14. The lowest BCUT2D eigenvalue weighted by molar-refractivity contribution is -0.123. The first-order valence-corrected chi connectivity index (χ1v) is 11.3. The lowest BCUT2D eigenvalue weighted by Crippen LogP contribution is -2.47. The molecule has 1 unspecified atom stereocenters. The number of hydrogen-bond acceptors (Lipinski definition) is 4. The molecule has 2 N–H and O–H groups in total. The van der Waals surface area contributed by atoms with Gasteiger partial charge in [0.25, 0.3) is 5.91 Å². The Morgan fingerprint density at radius 2 is 1.79 bits per heavy atom. The lowest BCUT2D eigenvalue weighted by Gasteiger charge is -2.19. The Morgan fingerprint density at radius 3 is 2.38 bits per heavy atom. The minimum atomic E-state index is -0.650. The highest BCUT2D eigenvalue weighted by Crippen LogP contribution is 2.21. The molecule has 29 heavy (non-hydrogen) atoms. The van der Waals surface area contributed by atoms with Gasteiger partial charge in [0, 0.05) is 31.4 Å². The van der Waals surface area contributed by atoms with Crippen LogP contribution in [0.15, 0.2) is 42.5 Å². The van der Waals surface area contributed by atoms with E-state index in [4.69, 9.17) is 23.2 Å². The van der Waals surface area contributed by atoms with E-state index < -0.39 is 11.9 Å². The highest BCUT2D eigenvalue weighted by atomic mass is 35.5. The fourth-order valence-corrected chi connectivity index (χ4v) is 3.60. The highest BCUT2D eigenvalue weighted by molar-refractivity contribution is 7.98. The number of carbonyl (C=O) groups excluding carboxylic acids is 2. The zero-order valence-corrected chi connectivity index (χ0v) is 19.0. The zero-order chi connectivity index (χ0) is 21.4. The van der Waals surface area contributed by atoms with Crippen LogP contribution in [0.2, 0.25) is 10.0 Å². The monoisotopic (exact) mass is 453 g/mol. The lowest BCUT2D eigenvalue weighted by atomic mass is 10.1. The van der Waals surface area contributed by atoms with Crippen LogP contribution < -0.4 is 15.5 Å². The summed E-state index contributed by atoms with van der Waals surface area (Å²) in [5.74, 6) is 0.113. The first-order valence-electron chi connectivity index (χ1n) is 9.10. The summed E-state index contributed by atoms with van der Waals surface area (Å²) in [6.07, 6.45) is 2.47. The Hall–Kier alpha value is -1.89. The van der Waals surface area contributed by atoms with E-state index in [1.54, 1.807) is 23.9 Å². The Morgan fingerprint density at radius 1 is 1.10 bits per heavy atom. The van der Waals surface area contributed by atoms with E-state index in [9.17, 15) is 9.59 Å². The van der Waals surface area contributed by atoms with Gasteiger partial charge in [0.15, 0.2) is 0 Å². The molecule has 2 amide bonds. The summed E-state index contributed by atoms with van der Waals surface area (Å²) >= 11 is 13.6. The predicted octanol–water partition coefficient (Wildman–Crippen LogP) is 4.23. The molecular weight excluding hydrogens is 429 g/mol. The van der Waals surface area contributed by atoms with Crippen molar-refractivity contribution >= 4 is 52.5 Å². The van der Waals surface area contributed by atoms with Gasteiger partial charge < -0.3 is 15.5 Å². The molecule has 8 heteroatoms. The normalized spacial score (nSPS) is 11.6. The quantitative estimate of drug-likeness (QED) is 0.596. The largest absolute Gasteiger partial charge is 0.378 e. The van der Waals surface area contributed by atoms with Crippen molar-refractivity contribution in [2.24, 2.45) is 0 Å². The van der Waals surface area contributed by atoms with Crippen LogP contribution in [-0.2, 0) is 11.3 Å². The van der Waals surface area contributed by atoms with Crippen molar-refractivity contribution < 1.29 is 9.59 Å². The molecule has 2 rings (SSSR count). The van der Waals surface area contributed by atoms with Crippen LogP contribution in [0.4, 0.5) is 5.69 Å². The molecule has 0 heterocycles. The molecule has 0 saturated heterocycles. The number of hydrogen-bond donors (Lipinski definition) is 2. The minimum absolute atomic E-state index is 0.228. The predicted molar refractivity (Wildman–Crippen MR) is 123 cm³/mol. The molecule has 2 aromatic rings. The number of halogens is 2. The Balaban J connectivity index is 2.02. The molecule has 0 spiro atoms. The van der Waals surface area contributed by atoms with Gasteiger partial charge in [-0.05, 0) is 54.3 Å². The molecule has 0 fully saturated rings. The second-order valence-electron chi connectivity index (χ2n) is 6.71. The summed E-state index contributed by atoms with van der Waals surface area (Å²) in [7, 11) is 3.95. The van der Waals surface area contributed by atoms with Gasteiger partial charge in [-0.25, -0.2) is 0 Å². The third kappa shape index (κ3) is 7.14. The van der Waals surface area contributed by atoms with Crippen LogP contribution in [0.1, 0.15) is 22.3 Å². The van der Waals surface area contributed by atoms with Gasteiger partial charge in [-0.15, -0.1) is 0 Å². The molecule has 0 radical (unpaired) electrons. The van der Waals surface area contributed by atoms with Crippen molar-refractivity contribution in [2.45, 2.75) is 19.0 Å². The fourth-order valence-electron chi connectivity index (χ4n) is 2.64. The molecule has 1 atom stereocenters. The van der Waals surface area contributed by atoms with Crippen LogP contribution >= 0.6 is 35.0 Å². The summed E-state index contributed by atoms with van der Waals surface area (Å²) < 4.78 is 0. The SMILES string of the molecule is CSCCC(NC(=O)c1ccc(Cl)cc1Cl)C(=O)NCc1ccc(N(C)C)cc1. The molecule has 0 aliphatic heterocycles. The van der Waals surface area contributed by atoms with Crippen molar-refractivity contribution in [3.05, 3.63) is 63.6 Å². The number of thioether (sulfide) groups is 1. The second-order valence-corrected chi connectivity index (χ2v) is 8.54. The van der Waals surface area contributed by atoms with Gasteiger partial charge in [-0.1, -0.05) is 35.3 Å². The summed E-state index contributed by atoms with van der Waals surface area (Å²) in [6, 6.07) is 11.9. The van der Waals surface area contributed by atoms with Gasteiger partial charge in [-0.2, -0.15) is 11.8 Å². The zero-order valence-electron chi connectivity index (χ0n) is 16.7. The standard InChI is InChI=1S/C21H25Cl2N3O2S/c1-26(2)16-7-4-14(5-8-16)13-24-21(28)19(10-11-29-3)25-20(27)17-9-6-15(22)12-18(17)23/h4-9,12,19H,10-11,13H2,1-3H3,(H,24,28)(H,25,27). The first-order chi connectivity index (χ1) is 13.8. The topological polar surface area (TPSA) is 61.4 Å². The van der Waals surface area contributed by atoms with Gasteiger partial charge >= 0.3 is 0 Å². The van der Waals surface area contributed by atoms with Crippen molar-refractivity contribution in [1.29, 1.82) is 0 Å². The molecular formula is C21H25Cl2N3O2S. The van der Waals surface area contributed by atoms with Crippen LogP contribution in [0.5, 0.6) is 0 Å². The number of amides is 2. The molecule has 156 valence electrons. The number of anilines is 1. The van der Waals surface area contributed by atoms with Crippen LogP contribution in [0.25, 0.3) is 0 Å². The summed E-state index contributed by atoms with van der Waals surface area (Å²) in [5.41, 5.74) is 2.36. The van der Waals surface area contributed by atoms with E-state index in [1.165, 1.54) is 6.07 Å². The van der Waals surface area contributed by atoms with E-state index >= 15 is 0 Å². The van der Waals surface area contributed by atoms with E-state index in [0.29, 0.717) is 18.0 Å². The van der Waals surface area contributed by atoms with E-state index in [-0.39, 0.29) is 16.5 Å². The maximum atomic E-state index is 12.7. The van der Waals surface area contributed by atoms with Gasteiger partial charge in [-0.3, -0.25) is 9.59 Å². The molecule has 0 aliphatic rings. The average molecular weight is 454 g/mol. The smallest absolute Gasteiger partial charge is 0.253 e. The second kappa shape index (κ2) is 11.3. The highest BCUT2D eigenvalue weighted by Gasteiger charge is 2.22. The van der Waals surface area contributed by atoms with E-state index in [2.05, 4.69) is 10.6 Å². The molecule has 0 aromatic heterocycles. The van der Waals surface area contributed by atoms with Crippen LogP contribution in [-0.4, -0.2) is 44.0 Å². The van der Waals surface area contributed by atoms with Gasteiger partial charge in [0.05, 0.1) is 10.6 Å². The van der Waals surface area contributed by atoms with Gasteiger partial charge in [0.2, 0.25) is 5.91 Å². The maximum Gasteiger partial charge on any atom is 0.253 e. The number of carbonyl (C=O) groups is 2. The third-order valence-electron chi connectivity index (χ3n) is 4.33. The number of benzene rings is 2. The van der Waals surface area contributed by atoms with Crippen LogP contribution in [0, 0.1) is 0 Å². The molecule has 5 nitrogen and oxygen atoms in total. The molecule has 0 saturated carbocycles. The van der Waals surface area contributed by atoms with Crippen LogP contribution in [0.3, 0.4) is 0 Å². The summed E-state index contributed by atoms with van der Waals surface area (Å²) in [4.78, 5) is 27.3. The molecule has 0 aliphatic carbocycles. The van der Waals surface area contributed by atoms with E-state index in [0.717, 1.165) is 17.0 Å². The van der Waals surface area contributed by atoms with E-state index in [1.807, 2.05) is 49.5 Å². The third-order valence-corrected chi connectivity index (χ3v) is 5.52. The Bertz CT molecular complexity index is 844. The van der Waals surface area contributed by atoms with Crippen molar-refractivity contribution in [3.8, 4) is 0 Å².